The van der Waals surface area contributed by atoms with Crippen LogP contribution in [0.15, 0.2) is 16.4 Å². The third kappa shape index (κ3) is 2.01. The zero-order valence-electron chi connectivity index (χ0n) is 11.8. The number of aryl methyl sites for hydroxylation is 1. The lowest BCUT2D eigenvalue weighted by Gasteiger charge is -2.03. The van der Waals surface area contributed by atoms with E-state index in [2.05, 4.69) is 15.1 Å². The highest BCUT2D eigenvalue weighted by Gasteiger charge is 2.18. The minimum Gasteiger partial charge on any atom is -0.375 e. The lowest BCUT2D eigenvalue weighted by molar-refractivity contribution is 0.635. The molecule has 0 saturated heterocycles. The normalized spacial score (nSPS) is 11.3. The molecule has 4 rings (SSSR count). The first-order valence-corrected chi connectivity index (χ1v) is 8.23. The number of thiazole rings is 2. The van der Waals surface area contributed by atoms with Gasteiger partial charge in [0, 0.05) is 17.8 Å². The highest BCUT2D eigenvalue weighted by atomic mass is 32.1. The van der Waals surface area contributed by atoms with Crippen LogP contribution in [-0.2, 0) is 13.6 Å². The van der Waals surface area contributed by atoms with E-state index in [-0.39, 0.29) is 12.1 Å². The standard InChI is InChI=1S/C13H9N7OS2/c1-19-9-7(10-11(19)18-8(2-14)23-10)3-16-20(12(9)21)4-6-5-22-13(15)17-6/h3,5H,4H2,1H3,(H2,15,17). The number of nitriles is 1. The Labute approximate surface area is 137 Å². The third-order valence-corrected chi connectivity index (χ3v) is 5.21. The molecule has 0 radical (unpaired) electrons. The van der Waals surface area contributed by atoms with Crippen LogP contribution in [0.1, 0.15) is 10.7 Å². The maximum absolute atomic E-state index is 12.7. The summed E-state index contributed by atoms with van der Waals surface area (Å²) in [7, 11) is 1.76. The number of hydrogen-bond acceptors (Lipinski definition) is 8. The maximum atomic E-state index is 12.7. The molecule has 8 nitrogen and oxygen atoms in total. The fraction of sp³-hybridized carbons (Fsp3) is 0.154. The second-order valence-electron chi connectivity index (χ2n) is 4.89. The van der Waals surface area contributed by atoms with Crippen molar-refractivity contribution in [3.63, 3.8) is 0 Å². The molecule has 0 aliphatic heterocycles. The van der Waals surface area contributed by atoms with Crippen molar-refractivity contribution in [2.45, 2.75) is 6.54 Å². The van der Waals surface area contributed by atoms with Gasteiger partial charge in [0.2, 0.25) is 0 Å². The molecule has 0 saturated carbocycles. The van der Waals surface area contributed by atoms with Gasteiger partial charge in [0.25, 0.3) is 5.56 Å². The first kappa shape index (κ1) is 13.9. The molecular weight excluding hydrogens is 334 g/mol. The molecule has 10 heteroatoms. The SMILES string of the molecule is Cn1c2nc(C#N)sc2c2cnn(Cc3csc(N)n3)c(=O)c21. The highest BCUT2D eigenvalue weighted by molar-refractivity contribution is 7.20. The van der Waals surface area contributed by atoms with Crippen LogP contribution in [0.5, 0.6) is 0 Å². The molecule has 23 heavy (non-hydrogen) atoms. The first-order valence-electron chi connectivity index (χ1n) is 6.53. The average Bonchev–Trinajstić information content (AvgIpc) is 3.19. The van der Waals surface area contributed by atoms with E-state index in [1.165, 1.54) is 27.4 Å². The number of anilines is 1. The van der Waals surface area contributed by atoms with E-state index in [9.17, 15) is 4.79 Å². The molecule has 4 aromatic heterocycles. The lowest BCUT2D eigenvalue weighted by atomic mass is 10.3. The Balaban J connectivity index is 1.93. The third-order valence-electron chi connectivity index (χ3n) is 3.50. The Kier molecular flexibility index (Phi) is 2.93. The summed E-state index contributed by atoms with van der Waals surface area (Å²) in [6.45, 7) is 0.262. The Morgan fingerprint density at radius 1 is 1.43 bits per heavy atom. The van der Waals surface area contributed by atoms with E-state index in [0.717, 1.165) is 4.70 Å². The van der Waals surface area contributed by atoms with Crippen LogP contribution in [0.4, 0.5) is 5.13 Å². The number of nitrogens with two attached hydrogens (primary N) is 1. The summed E-state index contributed by atoms with van der Waals surface area (Å²) in [4.78, 5) is 21.1. The first-order chi connectivity index (χ1) is 11.1. The molecule has 0 bridgehead atoms. The number of rotatable bonds is 2. The van der Waals surface area contributed by atoms with Gasteiger partial charge < -0.3 is 10.3 Å². The number of aromatic nitrogens is 5. The second-order valence-corrected chi connectivity index (χ2v) is 6.78. The number of hydrogen-bond donors (Lipinski definition) is 1. The largest absolute Gasteiger partial charge is 0.375 e. The molecule has 4 aromatic rings. The molecule has 0 aliphatic rings. The predicted octanol–water partition coefficient (Wildman–Crippen LogP) is 1.30. The Hall–Kier alpha value is -2.77. The molecule has 114 valence electrons. The van der Waals surface area contributed by atoms with Crippen molar-refractivity contribution in [1.29, 1.82) is 5.26 Å². The van der Waals surface area contributed by atoms with Crippen molar-refractivity contribution in [2.75, 3.05) is 5.73 Å². The zero-order valence-corrected chi connectivity index (χ0v) is 13.5. The van der Waals surface area contributed by atoms with Crippen LogP contribution < -0.4 is 11.3 Å². The molecule has 2 N–H and O–H groups in total. The van der Waals surface area contributed by atoms with Gasteiger partial charge in [0.1, 0.15) is 11.6 Å². The summed E-state index contributed by atoms with van der Waals surface area (Å²) in [5.74, 6) is 0. The van der Waals surface area contributed by atoms with Gasteiger partial charge in [-0.25, -0.2) is 14.6 Å². The fourth-order valence-electron chi connectivity index (χ4n) is 2.50. The average molecular weight is 343 g/mol. The van der Waals surface area contributed by atoms with Crippen molar-refractivity contribution < 1.29 is 0 Å². The minimum atomic E-state index is -0.222. The van der Waals surface area contributed by atoms with Gasteiger partial charge >= 0.3 is 0 Å². The molecule has 0 spiro atoms. The molecule has 0 unspecified atom stereocenters. The highest BCUT2D eigenvalue weighted by Crippen LogP contribution is 2.30. The number of nitrogen functional groups attached to an aromatic ring is 1. The summed E-state index contributed by atoms with van der Waals surface area (Å²) in [5, 5.41) is 16.5. The molecule has 0 aliphatic carbocycles. The van der Waals surface area contributed by atoms with E-state index in [0.29, 0.717) is 32.4 Å². The molecule has 0 amide bonds. The van der Waals surface area contributed by atoms with Crippen molar-refractivity contribution in [1.82, 2.24) is 24.3 Å². The maximum Gasteiger partial charge on any atom is 0.291 e. The summed E-state index contributed by atoms with van der Waals surface area (Å²) < 4.78 is 3.86. The van der Waals surface area contributed by atoms with Gasteiger partial charge in [-0.15, -0.1) is 22.7 Å². The van der Waals surface area contributed by atoms with E-state index in [1.54, 1.807) is 23.2 Å². The smallest absolute Gasteiger partial charge is 0.291 e. The van der Waals surface area contributed by atoms with E-state index >= 15 is 0 Å². The van der Waals surface area contributed by atoms with Gasteiger partial charge in [0.05, 0.1) is 23.1 Å². The Morgan fingerprint density at radius 2 is 2.26 bits per heavy atom. The summed E-state index contributed by atoms with van der Waals surface area (Å²) in [5.41, 5.74) is 7.22. The Bertz CT molecular complexity index is 1160. The topological polar surface area (TPSA) is 115 Å². The molecule has 0 aromatic carbocycles. The summed E-state index contributed by atoms with van der Waals surface area (Å²) in [6.07, 6.45) is 1.63. The van der Waals surface area contributed by atoms with Crippen LogP contribution >= 0.6 is 22.7 Å². The van der Waals surface area contributed by atoms with Crippen molar-refractivity contribution in [3.8, 4) is 6.07 Å². The van der Waals surface area contributed by atoms with Gasteiger partial charge in [-0.05, 0) is 0 Å². The molecular formula is C13H9N7OS2. The quantitative estimate of drug-likeness (QED) is 0.586. The van der Waals surface area contributed by atoms with Crippen LogP contribution in [0.3, 0.4) is 0 Å². The second kappa shape index (κ2) is 4.87. The van der Waals surface area contributed by atoms with Crippen LogP contribution in [0.2, 0.25) is 0 Å². The minimum absolute atomic E-state index is 0.222. The molecule has 0 atom stereocenters. The lowest BCUT2D eigenvalue weighted by Crippen LogP contribution is -2.24. The van der Waals surface area contributed by atoms with E-state index < -0.39 is 0 Å². The monoisotopic (exact) mass is 343 g/mol. The van der Waals surface area contributed by atoms with Crippen LogP contribution in [0, 0.1) is 11.3 Å². The zero-order chi connectivity index (χ0) is 16.1. The van der Waals surface area contributed by atoms with Crippen LogP contribution in [0.25, 0.3) is 21.3 Å². The number of nitrogens with zero attached hydrogens (tertiary/aromatic N) is 6. The summed E-state index contributed by atoms with van der Waals surface area (Å²) in [6, 6.07) is 2.03. The van der Waals surface area contributed by atoms with Gasteiger partial charge in [-0.1, -0.05) is 0 Å². The summed E-state index contributed by atoms with van der Waals surface area (Å²) >= 11 is 2.59. The van der Waals surface area contributed by atoms with E-state index in [1.807, 2.05) is 6.07 Å². The van der Waals surface area contributed by atoms with E-state index in [4.69, 9.17) is 11.0 Å². The van der Waals surface area contributed by atoms with Crippen molar-refractivity contribution >= 4 is 49.1 Å². The molecule has 4 heterocycles. The van der Waals surface area contributed by atoms with Crippen molar-refractivity contribution in [3.05, 3.63) is 32.6 Å². The van der Waals surface area contributed by atoms with Gasteiger partial charge in [-0.2, -0.15) is 10.4 Å². The van der Waals surface area contributed by atoms with Gasteiger partial charge in [0.15, 0.2) is 15.8 Å². The van der Waals surface area contributed by atoms with Crippen LogP contribution in [-0.4, -0.2) is 24.3 Å². The van der Waals surface area contributed by atoms with Crippen molar-refractivity contribution in [2.24, 2.45) is 7.05 Å². The van der Waals surface area contributed by atoms with Gasteiger partial charge in [-0.3, -0.25) is 4.79 Å². The Morgan fingerprint density at radius 3 is 2.96 bits per heavy atom. The molecule has 0 fully saturated rings. The number of fused-ring (bicyclic) bond motifs is 3. The predicted molar refractivity (Wildman–Crippen MR) is 88.5 cm³/mol. The fourth-order valence-corrected chi connectivity index (χ4v) is 3.96.